The van der Waals surface area contributed by atoms with Crippen molar-refractivity contribution in [3.05, 3.63) is 34.2 Å². The van der Waals surface area contributed by atoms with Crippen molar-refractivity contribution in [2.24, 2.45) is 5.41 Å². The fourth-order valence-electron chi connectivity index (χ4n) is 4.94. The van der Waals surface area contributed by atoms with Crippen molar-refractivity contribution >= 4 is 5.57 Å². The Balaban J connectivity index is 1.92. The minimum atomic E-state index is -0.538. The van der Waals surface area contributed by atoms with Crippen molar-refractivity contribution in [2.75, 3.05) is 26.4 Å². The topological polar surface area (TPSA) is 71.8 Å². The summed E-state index contributed by atoms with van der Waals surface area (Å²) in [6.07, 6.45) is 5.84. The molecule has 5 heteroatoms. The highest BCUT2D eigenvalue weighted by atomic mass is 16.5. The summed E-state index contributed by atoms with van der Waals surface area (Å²) in [4.78, 5) is 5.08. The molecule has 1 atom stereocenters. The number of aromatic nitrogens is 1. The van der Waals surface area contributed by atoms with Crippen LogP contribution < -0.4 is 0 Å². The van der Waals surface area contributed by atoms with Gasteiger partial charge in [0.1, 0.15) is 0 Å². The zero-order chi connectivity index (χ0) is 19.0. The monoisotopic (exact) mass is 373 g/mol. The van der Waals surface area contributed by atoms with Crippen molar-refractivity contribution in [2.45, 2.75) is 64.6 Å². The Hall–Kier alpha value is -1.27. The molecule has 4 rings (SSSR count). The van der Waals surface area contributed by atoms with E-state index in [4.69, 9.17) is 14.5 Å². The predicted octanol–water partition coefficient (Wildman–Crippen LogP) is 3.28. The summed E-state index contributed by atoms with van der Waals surface area (Å²) in [5, 5.41) is 21.4. The number of aliphatic hydroxyl groups excluding tert-OH is 2. The molecule has 1 aromatic heterocycles. The van der Waals surface area contributed by atoms with E-state index in [1.54, 1.807) is 0 Å². The first-order chi connectivity index (χ1) is 13.0. The van der Waals surface area contributed by atoms with Gasteiger partial charge < -0.3 is 19.7 Å². The Morgan fingerprint density at radius 3 is 2.63 bits per heavy atom. The van der Waals surface area contributed by atoms with Crippen LogP contribution in [0.15, 0.2) is 6.08 Å². The number of hydrogen-bond donors (Lipinski definition) is 2. The minimum Gasteiger partial charge on any atom is -0.392 e. The van der Waals surface area contributed by atoms with Crippen LogP contribution in [0.2, 0.25) is 0 Å². The fraction of sp³-hybridized carbons (Fsp3) is 0.682. The van der Waals surface area contributed by atoms with Gasteiger partial charge in [-0.2, -0.15) is 0 Å². The molecule has 0 radical (unpaired) electrons. The maximum Gasteiger partial charge on any atom is 0.0819 e. The van der Waals surface area contributed by atoms with Gasteiger partial charge >= 0.3 is 0 Å². The molecule has 27 heavy (non-hydrogen) atoms. The van der Waals surface area contributed by atoms with E-state index in [1.807, 2.05) is 0 Å². The van der Waals surface area contributed by atoms with Gasteiger partial charge in [-0.3, -0.25) is 4.98 Å². The first-order valence-electron chi connectivity index (χ1n) is 10.2. The molecule has 0 aromatic carbocycles. The normalized spacial score (nSPS) is 25.8. The Bertz CT molecular complexity index is 734. The number of hydrogen-bond acceptors (Lipinski definition) is 5. The summed E-state index contributed by atoms with van der Waals surface area (Å²) >= 11 is 0. The largest absolute Gasteiger partial charge is 0.392 e. The quantitative estimate of drug-likeness (QED) is 0.851. The lowest BCUT2D eigenvalue weighted by Crippen LogP contribution is -2.30. The van der Waals surface area contributed by atoms with Crippen LogP contribution in [0.5, 0.6) is 0 Å². The highest BCUT2D eigenvalue weighted by Crippen LogP contribution is 2.46. The van der Waals surface area contributed by atoms with E-state index < -0.39 is 6.10 Å². The molecule has 5 nitrogen and oxygen atoms in total. The van der Waals surface area contributed by atoms with E-state index in [-0.39, 0.29) is 12.0 Å². The van der Waals surface area contributed by atoms with Crippen LogP contribution in [-0.2, 0) is 22.5 Å². The number of fused-ring (bicyclic) bond motifs is 1. The van der Waals surface area contributed by atoms with Crippen molar-refractivity contribution in [3.8, 4) is 0 Å². The summed E-state index contributed by atoms with van der Waals surface area (Å²) < 4.78 is 11.1. The molecule has 0 saturated carbocycles. The van der Waals surface area contributed by atoms with E-state index in [2.05, 4.69) is 19.9 Å². The van der Waals surface area contributed by atoms with E-state index in [0.717, 1.165) is 73.4 Å². The van der Waals surface area contributed by atoms with E-state index in [1.165, 1.54) is 5.57 Å². The van der Waals surface area contributed by atoms with Crippen molar-refractivity contribution in [1.29, 1.82) is 0 Å². The molecule has 0 amide bonds. The van der Waals surface area contributed by atoms with Gasteiger partial charge in [-0.1, -0.05) is 19.9 Å². The summed E-state index contributed by atoms with van der Waals surface area (Å²) in [6.45, 7) is 7.11. The minimum absolute atomic E-state index is 0.0222. The zero-order valence-corrected chi connectivity index (χ0v) is 16.5. The Morgan fingerprint density at radius 1 is 1.19 bits per heavy atom. The molecule has 148 valence electrons. The number of nitrogens with zero attached hydrogens (tertiary/aromatic N) is 1. The fourth-order valence-corrected chi connectivity index (χ4v) is 4.94. The van der Waals surface area contributed by atoms with Crippen LogP contribution in [0.4, 0.5) is 0 Å². The molecular weight excluding hydrogens is 342 g/mol. The second kappa shape index (κ2) is 7.63. The highest BCUT2D eigenvalue weighted by molar-refractivity contribution is 5.73. The number of ether oxygens (including phenoxy) is 2. The van der Waals surface area contributed by atoms with Gasteiger partial charge in [0.05, 0.1) is 31.6 Å². The van der Waals surface area contributed by atoms with Gasteiger partial charge in [0, 0.05) is 36.0 Å². The average molecular weight is 373 g/mol. The van der Waals surface area contributed by atoms with E-state index in [0.29, 0.717) is 19.1 Å². The second-order valence-corrected chi connectivity index (χ2v) is 8.87. The van der Waals surface area contributed by atoms with Crippen LogP contribution in [-0.4, -0.2) is 41.6 Å². The lowest BCUT2D eigenvalue weighted by Gasteiger charge is -2.38. The summed E-state index contributed by atoms with van der Waals surface area (Å²) in [5.74, 6) is 0.313. The van der Waals surface area contributed by atoms with Crippen LogP contribution in [0.1, 0.15) is 79.6 Å². The van der Waals surface area contributed by atoms with Crippen molar-refractivity contribution in [1.82, 2.24) is 4.98 Å². The molecule has 1 unspecified atom stereocenters. The molecule has 0 spiro atoms. The third-order valence-corrected chi connectivity index (χ3v) is 6.22. The molecule has 1 aromatic rings. The lowest BCUT2D eigenvalue weighted by molar-refractivity contribution is 0.0827. The first-order valence-corrected chi connectivity index (χ1v) is 10.2. The second-order valence-electron chi connectivity index (χ2n) is 8.87. The molecule has 2 aliphatic heterocycles. The van der Waals surface area contributed by atoms with Gasteiger partial charge in [-0.05, 0) is 48.7 Å². The average Bonchev–Trinajstić information content (AvgIpc) is 2.67. The van der Waals surface area contributed by atoms with Crippen LogP contribution >= 0.6 is 0 Å². The lowest BCUT2D eigenvalue weighted by atomic mass is 9.71. The van der Waals surface area contributed by atoms with Gasteiger partial charge in [-0.15, -0.1) is 0 Å². The van der Waals surface area contributed by atoms with Crippen LogP contribution in [0.25, 0.3) is 5.57 Å². The number of rotatable bonds is 3. The summed E-state index contributed by atoms with van der Waals surface area (Å²) in [5.41, 5.74) is 6.15. The molecule has 3 heterocycles. The van der Waals surface area contributed by atoms with Gasteiger partial charge in [-0.25, -0.2) is 0 Å². The number of pyridine rings is 1. The molecule has 1 saturated heterocycles. The standard InChI is InChI=1S/C22H31NO4/c1-22(2)11-17-20(18(25)12-22)19(14-3-7-26-8-4-14)16(13-24)21(23-17)15-5-9-27-10-6-15/h3,15,18,24-25H,4-13H2,1-2H3. The zero-order valence-electron chi connectivity index (χ0n) is 16.5. The third-order valence-electron chi connectivity index (χ3n) is 6.22. The summed E-state index contributed by atoms with van der Waals surface area (Å²) in [7, 11) is 0. The Labute approximate surface area is 161 Å². The van der Waals surface area contributed by atoms with Gasteiger partial charge in [0.2, 0.25) is 0 Å². The number of aliphatic hydroxyl groups is 2. The third kappa shape index (κ3) is 3.70. The predicted molar refractivity (Wildman–Crippen MR) is 103 cm³/mol. The van der Waals surface area contributed by atoms with Crippen molar-refractivity contribution < 1.29 is 19.7 Å². The highest BCUT2D eigenvalue weighted by Gasteiger charge is 2.37. The Morgan fingerprint density at radius 2 is 1.96 bits per heavy atom. The van der Waals surface area contributed by atoms with Crippen molar-refractivity contribution in [3.63, 3.8) is 0 Å². The van der Waals surface area contributed by atoms with E-state index in [9.17, 15) is 10.2 Å². The molecule has 2 N–H and O–H groups in total. The first kappa shape index (κ1) is 19.1. The van der Waals surface area contributed by atoms with Gasteiger partial charge in [0.25, 0.3) is 0 Å². The molecule has 1 aliphatic carbocycles. The Kier molecular flexibility index (Phi) is 5.39. The van der Waals surface area contributed by atoms with E-state index >= 15 is 0 Å². The van der Waals surface area contributed by atoms with Crippen LogP contribution in [0, 0.1) is 5.41 Å². The molecule has 3 aliphatic rings. The molecule has 0 bridgehead atoms. The summed E-state index contributed by atoms with van der Waals surface area (Å²) in [6, 6.07) is 0. The maximum absolute atomic E-state index is 11.0. The molecule has 1 fully saturated rings. The maximum atomic E-state index is 11.0. The molecular formula is C22H31NO4. The van der Waals surface area contributed by atoms with Crippen LogP contribution in [0.3, 0.4) is 0 Å². The smallest absolute Gasteiger partial charge is 0.0819 e. The van der Waals surface area contributed by atoms with Gasteiger partial charge in [0.15, 0.2) is 0 Å². The SMILES string of the molecule is CC1(C)Cc2nc(C3CCOCC3)c(CO)c(C3=CCOCC3)c2C(O)C1.